The Balaban J connectivity index is 1.82. The molecule has 2 fully saturated rings. The first kappa shape index (κ1) is 18.4. The predicted octanol–water partition coefficient (Wildman–Crippen LogP) is 3.11. The first-order chi connectivity index (χ1) is 11.6. The van der Waals surface area contributed by atoms with Gasteiger partial charge in [-0.3, -0.25) is 4.79 Å². The van der Waals surface area contributed by atoms with Crippen molar-refractivity contribution in [2.45, 2.75) is 77.5 Å². The number of benzene rings is 1. The van der Waals surface area contributed by atoms with E-state index < -0.39 is 24.1 Å². The molecule has 4 nitrogen and oxygen atoms in total. The van der Waals surface area contributed by atoms with Gasteiger partial charge in [-0.25, -0.2) is 4.39 Å². The van der Waals surface area contributed by atoms with Crippen molar-refractivity contribution in [2.24, 2.45) is 0 Å². The Morgan fingerprint density at radius 2 is 1.72 bits per heavy atom. The lowest BCUT2D eigenvalue weighted by Crippen LogP contribution is -2.41. The molecular weight excluding hydrogens is 320 g/mol. The van der Waals surface area contributed by atoms with Crippen LogP contribution < -0.4 is 10.8 Å². The maximum Gasteiger partial charge on any atom is 0.494 e. The zero-order chi connectivity index (χ0) is 18.4. The Labute approximate surface area is 149 Å². The Hall–Kier alpha value is -1.40. The second-order valence-corrected chi connectivity index (χ2v) is 8.24. The molecule has 0 atom stereocenters. The average Bonchev–Trinajstić information content (AvgIpc) is 3.04. The molecule has 1 aliphatic heterocycles. The number of rotatable bonds is 3. The van der Waals surface area contributed by atoms with Gasteiger partial charge in [0, 0.05) is 6.04 Å². The molecule has 1 heterocycles. The first-order valence-electron chi connectivity index (χ1n) is 9.07. The van der Waals surface area contributed by atoms with Crippen LogP contribution in [0.1, 0.15) is 69.3 Å². The zero-order valence-corrected chi connectivity index (χ0v) is 15.7. The molecule has 1 saturated carbocycles. The van der Waals surface area contributed by atoms with Gasteiger partial charge in [0.15, 0.2) is 0 Å². The largest absolute Gasteiger partial charge is 0.494 e. The molecule has 6 heteroatoms. The fourth-order valence-electron chi connectivity index (χ4n) is 3.50. The number of nitrogens with one attached hydrogen (secondary N) is 1. The van der Waals surface area contributed by atoms with Gasteiger partial charge in [0.05, 0.1) is 16.8 Å². The molecule has 0 spiro atoms. The van der Waals surface area contributed by atoms with Crippen LogP contribution in [0.25, 0.3) is 0 Å². The molecule has 1 amide bonds. The minimum absolute atomic E-state index is 0.118. The van der Waals surface area contributed by atoms with Crippen molar-refractivity contribution in [1.29, 1.82) is 0 Å². The fourth-order valence-corrected chi connectivity index (χ4v) is 3.50. The van der Waals surface area contributed by atoms with Crippen molar-refractivity contribution in [3.05, 3.63) is 29.1 Å². The maximum absolute atomic E-state index is 14.7. The molecule has 2 aliphatic rings. The van der Waals surface area contributed by atoms with Crippen LogP contribution in [0.3, 0.4) is 0 Å². The Morgan fingerprint density at radius 1 is 1.16 bits per heavy atom. The molecule has 1 aromatic rings. The standard InChI is InChI=1S/C19H27BFNO3/c1-12-10-13(20-24-18(2,3)19(4,5)25-20)11-15(21)16(12)17(23)22-14-8-6-7-9-14/h10-11,14H,6-9H2,1-5H3,(H,22,23). The van der Waals surface area contributed by atoms with E-state index in [9.17, 15) is 9.18 Å². The van der Waals surface area contributed by atoms with E-state index in [2.05, 4.69) is 5.32 Å². The van der Waals surface area contributed by atoms with Crippen molar-refractivity contribution in [1.82, 2.24) is 5.32 Å². The quantitative estimate of drug-likeness (QED) is 0.855. The fraction of sp³-hybridized carbons (Fsp3) is 0.632. The second kappa shape index (κ2) is 6.40. The highest BCUT2D eigenvalue weighted by atomic mass is 19.1. The molecule has 3 rings (SSSR count). The molecule has 1 saturated heterocycles. The summed E-state index contributed by atoms with van der Waals surface area (Å²) >= 11 is 0. The van der Waals surface area contributed by atoms with Crippen LogP contribution in [0.4, 0.5) is 4.39 Å². The Kier molecular flexibility index (Phi) is 4.71. The van der Waals surface area contributed by atoms with Crippen molar-refractivity contribution in [3.63, 3.8) is 0 Å². The van der Waals surface area contributed by atoms with E-state index >= 15 is 0 Å². The highest BCUT2D eigenvalue weighted by Crippen LogP contribution is 2.36. The summed E-state index contributed by atoms with van der Waals surface area (Å²) < 4.78 is 26.7. The highest BCUT2D eigenvalue weighted by molar-refractivity contribution is 6.62. The minimum Gasteiger partial charge on any atom is -0.399 e. The summed E-state index contributed by atoms with van der Waals surface area (Å²) in [5, 5.41) is 2.95. The van der Waals surface area contributed by atoms with Crippen molar-refractivity contribution < 1.29 is 18.5 Å². The Morgan fingerprint density at radius 3 is 2.24 bits per heavy atom. The van der Waals surface area contributed by atoms with Crippen LogP contribution in [0.5, 0.6) is 0 Å². The molecule has 136 valence electrons. The van der Waals surface area contributed by atoms with Crippen molar-refractivity contribution in [2.75, 3.05) is 0 Å². The minimum atomic E-state index is -0.634. The summed E-state index contributed by atoms with van der Waals surface area (Å²) in [7, 11) is -0.634. The normalized spacial score (nSPS) is 22.4. The third-order valence-electron chi connectivity index (χ3n) is 5.75. The summed E-state index contributed by atoms with van der Waals surface area (Å²) in [6, 6.07) is 3.31. The van der Waals surface area contributed by atoms with E-state index in [1.807, 2.05) is 27.7 Å². The average molecular weight is 347 g/mol. The van der Waals surface area contributed by atoms with E-state index in [1.54, 1.807) is 13.0 Å². The third kappa shape index (κ3) is 3.47. The Bertz CT molecular complexity index is 644. The van der Waals surface area contributed by atoms with Crippen LogP contribution in [-0.4, -0.2) is 30.3 Å². The molecule has 0 bridgehead atoms. The number of carbonyl (C=O) groups excluding carboxylic acids is 1. The SMILES string of the molecule is Cc1cc(B2OC(C)(C)C(C)(C)O2)cc(F)c1C(=O)NC1CCCC1. The predicted molar refractivity (Wildman–Crippen MR) is 96.6 cm³/mol. The lowest BCUT2D eigenvalue weighted by molar-refractivity contribution is 0.00578. The van der Waals surface area contributed by atoms with Gasteiger partial charge in [-0.15, -0.1) is 0 Å². The van der Waals surface area contributed by atoms with Crippen LogP contribution in [-0.2, 0) is 9.31 Å². The van der Waals surface area contributed by atoms with E-state index in [0.29, 0.717) is 11.0 Å². The number of hydrogen-bond acceptors (Lipinski definition) is 3. The van der Waals surface area contributed by atoms with E-state index in [4.69, 9.17) is 9.31 Å². The van der Waals surface area contributed by atoms with Crippen LogP contribution in [0.15, 0.2) is 12.1 Å². The third-order valence-corrected chi connectivity index (χ3v) is 5.75. The molecular formula is C19H27BFNO3. The van der Waals surface area contributed by atoms with E-state index in [0.717, 1.165) is 25.7 Å². The van der Waals surface area contributed by atoms with Gasteiger partial charge in [-0.05, 0) is 64.6 Å². The molecule has 1 N–H and O–H groups in total. The summed E-state index contributed by atoms with van der Waals surface area (Å²) in [5.41, 5.74) is 0.347. The van der Waals surface area contributed by atoms with Gasteiger partial charge in [0.1, 0.15) is 5.82 Å². The molecule has 0 aromatic heterocycles. The maximum atomic E-state index is 14.7. The molecule has 1 aliphatic carbocycles. The number of carbonyl (C=O) groups is 1. The van der Waals surface area contributed by atoms with Gasteiger partial charge < -0.3 is 14.6 Å². The van der Waals surface area contributed by atoms with Gasteiger partial charge in [0.2, 0.25) is 0 Å². The van der Waals surface area contributed by atoms with Gasteiger partial charge in [0.25, 0.3) is 5.91 Å². The number of hydrogen-bond donors (Lipinski definition) is 1. The summed E-state index contributed by atoms with van der Waals surface area (Å²) in [4.78, 5) is 12.5. The van der Waals surface area contributed by atoms with Gasteiger partial charge in [-0.1, -0.05) is 18.9 Å². The van der Waals surface area contributed by atoms with Crippen molar-refractivity contribution in [3.8, 4) is 0 Å². The summed E-state index contributed by atoms with van der Waals surface area (Å²) in [5.74, 6) is -0.859. The smallest absolute Gasteiger partial charge is 0.399 e. The zero-order valence-electron chi connectivity index (χ0n) is 15.7. The van der Waals surface area contributed by atoms with Crippen LogP contribution in [0.2, 0.25) is 0 Å². The first-order valence-corrected chi connectivity index (χ1v) is 9.07. The summed E-state index contributed by atoms with van der Waals surface area (Å²) in [6.07, 6.45) is 4.18. The lowest BCUT2D eigenvalue weighted by atomic mass is 9.77. The molecule has 1 aromatic carbocycles. The van der Waals surface area contributed by atoms with Gasteiger partial charge >= 0.3 is 7.12 Å². The van der Waals surface area contributed by atoms with Crippen LogP contribution >= 0.6 is 0 Å². The highest BCUT2D eigenvalue weighted by Gasteiger charge is 2.51. The monoisotopic (exact) mass is 347 g/mol. The number of halogens is 1. The van der Waals surface area contributed by atoms with Crippen LogP contribution in [0, 0.1) is 12.7 Å². The lowest BCUT2D eigenvalue weighted by Gasteiger charge is -2.32. The van der Waals surface area contributed by atoms with E-state index in [-0.39, 0.29) is 17.5 Å². The number of amides is 1. The molecule has 0 radical (unpaired) electrons. The van der Waals surface area contributed by atoms with E-state index in [1.165, 1.54) is 6.07 Å². The summed E-state index contributed by atoms with van der Waals surface area (Å²) in [6.45, 7) is 9.58. The number of aryl methyl sites for hydroxylation is 1. The second-order valence-electron chi connectivity index (χ2n) is 8.24. The topological polar surface area (TPSA) is 47.6 Å². The molecule has 0 unspecified atom stereocenters. The van der Waals surface area contributed by atoms with Crippen molar-refractivity contribution >= 4 is 18.5 Å². The van der Waals surface area contributed by atoms with Gasteiger partial charge in [-0.2, -0.15) is 0 Å². The molecule has 25 heavy (non-hydrogen) atoms.